The minimum Gasteiger partial charge on any atom is -0.466 e. The lowest BCUT2D eigenvalue weighted by Gasteiger charge is -2.07. The van der Waals surface area contributed by atoms with Crippen molar-refractivity contribution < 1.29 is 19.1 Å². The molecule has 0 radical (unpaired) electrons. The van der Waals surface area contributed by atoms with Crippen LogP contribution in [-0.2, 0) is 25.5 Å². The Morgan fingerprint density at radius 1 is 0.667 bits per heavy atom. The summed E-state index contributed by atoms with van der Waals surface area (Å²) < 4.78 is 10.4. The molecule has 0 aliphatic carbocycles. The van der Waals surface area contributed by atoms with Crippen molar-refractivity contribution in [2.24, 2.45) is 0 Å². The molecule has 33 heavy (non-hydrogen) atoms. The van der Waals surface area contributed by atoms with Crippen molar-refractivity contribution in [3.63, 3.8) is 0 Å². The van der Waals surface area contributed by atoms with E-state index in [9.17, 15) is 9.59 Å². The molecule has 0 saturated heterocycles. The Hall–Kier alpha value is -1.55. The maximum absolute atomic E-state index is 11.8. The van der Waals surface area contributed by atoms with Crippen molar-refractivity contribution in [3.05, 3.63) is 34.9 Å². The van der Waals surface area contributed by atoms with Crippen molar-refractivity contribution in [2.75, 3.05) is 13.2 Å². The predicted molar refractivity (Wildman–Crippen MR) is 137 cm³/mol. The summed E-state index contributed by atoms with van der Waals surface area (Å²) in [5, 5.41) is 0.667. The van der Waals surface area contributed by atoms with Crippen LogP contribution in [0.15, 0.2) is 24.3 Å². The second-order valence-corrected chi connectivity index (χ2v) is 9.29. The third kappa shape index (κ3) is 17.6. The van der Waals surface area contributed by atoms with E-state index in [4.69, 9.17) is 21.1 Å². The first-order valence-electron chi connectivity index (χ1n) is 13.2. The molecule has 0 heterocycles. The first-order chi connectivity index (χ1) is 16.1. The molecular weight excluding hydrogens is 436 g/mol. The first kappa shape index (κ1) is 29.5. The van der Waals surface area contributed by atoms with E-state index in [1.165, 1.54) is 77.0 Å². The number of benzene rings is 1. The fourth-order valence-corrected chi connectivity index (χ4v) is 4.04. The van der Waals surface area contributed by atoms with Gasteiger partial charge in [-0.05, 0) is 18.1 Å². The zero-order valence-electron chi connectivity index (χ0n) is 20.8. The monoisotopic (exact) mass is 480 g/mol. The van der Waals surface area contributed by atoms with Crippen LogP contribution in [0.1, 0.15) is 115 Å². The third-order valence-corrected chi connectivity index (χ3v) is 6.26. The average molecular weight is 481 g/mol. The fraction of sp³-hybridized carbons (Fsp3) is 0.714. The average Bonchev–Trinajstić information content (AvgIpc) is 2.81. The minimum absolute atomic E-state index is 0.0556. The predicted octanol–water partition coefficient (Wildman–Crippen LogP) is 8.23. The third-order valence-electron chi connectivity index (χ3n) is 5.89. The Morgan fingerprint density at radius 2 is 1.12 bits per heavy atom. The lowest BCUT2D eigenvalue weighted by molar-refractivity contribution is -0.150. The normalized spacial score (nSPS) is 10.8. The SMILES string of the molecule is CCCCCCCCCCCCCCCCOC(=O)CCC(=O)OCCc1ccccc1Cl. The van der Waals surface area contributed by atoms with E-state index in [0.717, 1.165) is 18.4 Å². The molecule has 0 saturated carbocycles. The molecule has 1 aromatic carbocycles. The number of carbonyl (C=O) groups excluding carboxylic acids is 2. The Labute approximate surface area is 206 Å². The summed E-state index contributed by atoms with van der Waals surface area (Å²) in [6.07, 6.45) is 18.9. The van der Waals surface area contributed by atoms with Gasteiger partial charge >= 0.3 is 11.9 Å². The van der Waals surface area contributed by atoms with Crippen LogP contribution in [0.3, 0.4) is 0 Å². The first-order valence-corrected chi connectivity index (χ1v) is 13.6. The van der Waals surface area contributed by atoms with E-state index in [2.05, 4.69) is 6.92 Å². The molecule has 0 unspecified atom stereocenters. The van der Waals surface area contributed by atoms with Gasteiger partial charge in [0.05, 0.1) is 26.1 Å². The largest absolute Gasteiger partial charge is 0.466 e. The second kappa shape index (κ2) is 21.0. The summed E-state index contributed by atoms with van der Waals surface area (Å²) in [4.78, 5) is 23.5. The molecule has 0 bridgehead atoms. The topological polar surface area (TPSA) is 52.6 Å². The lowest BCUT2D eigenvalue weighted by atomic mass is 10.0. The zero-order chi connectivity index (χ0) is 24.0. The van der Waals surface area contributed by atoms with Crippen molar-refractivity contribution in [1.82, 2.24) is 0 Å². The number of hydrogen-bond acceptors (Lipinski definition) is 4. The molecule has 4 nitrogen and oxygen atoms in total. The van der Waals surface area contributed by atoms with Crippen molar-refractivity contribution in [1.29, 1.82) is 0 Å². The van der Waals surface area contributed by atoms with Crippen LogP contribution in [0.4, 0.5) is 0 Å². The molecule has 0 fully saturated rings. The van der Waals surface area contributed by atoms with Crippen LogP contribution in [0, 0.1) is 0 Å². The van der Waals surface area contributed by atoms with Gasteiger partial charge in [0.1, 0.15) is 0 Å². The molecule has 0 N–H and O–H groups in total. The number of ether oxygens (including phenoxy) is 2. The number of rotatable bonds is 21. The lowest BCUT2D eigenvalue weighted by Crippen LogP contribution is -2.12. The molecule has 1 rings (SSSR count). The van der Waals surface area contributed by atoms with E-state index in [1.54, 1.807) is 0 Å². The summed E-state index contributed by atoms with van der Waals surface area (Å²) in [7, 11) is 0. The molecular formula is C28H45ClO4. The van der Waals surface area contributed by atoms with Gasteiger partial charge in [0.2, 0.25) is 0 Å². The van der Waals surface area contributed by atoms with E-state index in [-0.39, 0.29) is 31.4 Å². The van der Waals surface area contributed by atoms with Gasteiger partial charge in [-0.3, -0.25) is 9.59 Å². The van der Waals surface area contributed by atoms with Crippen LogP contribution >= 0.6 is 11.6 Å². The van der Waals surface area contributed by atoms with Gasteiger partial charge in [-0.15, -0.1) is 0 Å². The van der Waals surface area contributed by atoms with Gasteiger partial charge in [-0.25, -0.2) is 0 Å². The molecule has 1 aromatic rings. The summed E-state index contributed by atoms with van der Waals surface area (Å²) in [6, 6.07) is 7.48. The molecule has 5 heteroatoms. The molecule has 0 aliphatic heterocycles. The van der Waals surface area contributed by atoms with Crippen LogP contribution in [0.5, 0.6) is 0 Å². The van der Waals surface area contributed by atoms with Gasteiger partial charge in [0, 0.05) is 11.4 Å². The maximum Gasteiger partial charge on any atom is 0.306 e. The molecule has 0 atom stereocenters. The van der Waals surface area contributed by atoms with Crippen LogP contribution in [0.2, 0.25) is 5.02 Å². The van der Waals surface area contributed by atoms with E-state index in [1.807, 2.05) is 24.3 Å². The smallest absolute Gasteiger partial charge is 0.306 e. The van der Waals surface area contributed by atoms with Crippen molar-refractivity contribution in [2.45, 2.75) is 116 Å². The van der Waals surface area contributed by atoms with Gasteiger partial charge in [-0.1, -0.05) is 120 Å². The number of carbonyl (C=O) groups is 2. The van der Waals surface area contributed by atoms with Gasteiger partial charge in [-0.2, -0.15) is 0 Å². The standard InChI is InChI=1S/C28H45ClO4/c1-2-3-4-5-6-7-8-9-10-11-12-13-14-17-23-32-27(30)20-21-28(31)33-24-22-25-18-15-16-19-26(25)29/h15-16,18-19H,2-14,17,20-24H2,1H3. The summed E-state index contributed by atoms with van der Waals surface area (Å²) in [5.74, 6) is -0.705. The summed E-state index contributed by atoms with van der Waals surface area (Å²) in [6.45, 7) is 2.97. The highest BCUT2D eigenvalue weighted by Crippen LogP contribution is 2.15. The molecule has 188 valence electrons. The number of esters is 2. The Kier molecular flexibility index (Phi) is 18.8. The quantitative estimate of drug-likeness (QED) is 0.131. The van der Waals surface area contributed by atoms with Crippen LogP contribution < -0.4 is 0 Å². The van der Waals surface area contributed by atoms with E-state index < -0.39 is 0 Å². The molecule has 0 amide bonds. The highest BCUT2D eigenvalue weighted by Gasteiger charge is 2.09. The van der Waals surface area contributed by atoms with E-state index >= 15 is 0 Å². The summed E-state index contributed by atoms with van der Waals surface area (Å²) in [5.41, 5.74) is 0.944. The minimum atomic E-state index is -0.379. The van der Waals surface area contributed by atoms with Gasteiger partial charge in [0.25, 0.3) is 0 Å². The van der Waals surface area contributed by atoms with E-state index in [0.29, 0.717) is 18.1 Å². The van der Waals surface area contributed by atoms with Crippen LogP contribution in [0.25, 0.3) is 0 Å². The fourth-order valence-electron chi connectivity index (χ4n) is 3.81. The number of unbranched alkanes of at least 4 members (excludes halogenated alkanes) is 13. The highest BCUT2D eigenvalue weighted by atomic mass is 35.5. The number of halogens is 1. The summed E-state index contributed by atoms with van der Waals surface area (Å²) >= 11 is 6.08. The van der Waals surface area contributed by atoms with Crippen molar-refractivity contribution in [3.8, 4) is 0 Å². The Bertz CT molecular complexity index is 632. The van der Waals surface area contributed by atoms with Crippen molar-refractivity contribution >= 4 is 23.5 Å². The molecule has 0 aromatic heterocycles. The Morgan fingerprint density at radius 3 is 1.64 bits per heavy atom. The molecule has 0 spiro atoms. The molecule has 0 aliphatic rings. The van der Waals surface area contributed by atoms with Crippen LogP contribution in [-0.4, -0.2) is 25.2 Å². The Balaban J connectivity index is 1.84. The van der Waals surface area contributed by atoms with Gasteiger partial charge < -0.3 is 9.47 Å². The maximum atomic E-state index is 11.8. The zero-order valence-corrected chi connectivity index (χ0v) is 21.5. The number of hydrogen-bond donors (Lipinski definition) is 0. The highest BCUT2D eigenvalue weighted by molar-refractivity contribution is 6.31. The second-order valence-electron chi connectivity index (χ2n) is 8.88. The van der Waals surface area contributed by atoms with Gasteiger partial charge in [0.15, 0.2) is 0 Å².